The van der Waals surface area contributed by atoms with Crippen molar-refractivity contribution >= 4 is 33.6 Å². The number of imide groups is 1. The van der Waals surface area contributed by atoms with Crippen LogP contribution in [0.15, 0.2) is 52.5 Å². The van der Waals surface area contributed by atoms with E-state index in [1.165, 1.54) is 67.3 Å². The molecule has 0 unspecified atom stereocenters. The Hall–Kier alpha value is -2.30. The van der Waals surface area contributed by atoms with Gasteiger partial charge in [-0.05, 0) is 49.2 Å². The molecule has 30 heavy (non-hydrogen) atoms. The van der Waals surface area contributed by atoms with Crippen molar-refractivity contribution in [2.75, 3.05) is 20.6 Å². The van der Waals surface area contributed by atoms with Gasteiger partial charge in [-0.1, -0.05) is 18.2 Å². The zero-order chi connectivity index (χ0) is 21.9. The second-order valence-corrected chi connectivity index (χ2v) is 10.4. The summed E-state index contributed by atoms with van der Waals surface area (Å²) in [6, 6.07) is 8.12. The van der Waals surface area contributed by atoms with Crippen molar-refractivity contribution in [3.05, 3.63) is 54.0 Å². The van der Waals surface area contributed by atoms with Crippen LogP contribution in [0.4, 0.5) is 4.39 Å². The Morgan fingerprint density at radius 3 is 2.47 bits per heavy atom. The molecule has 0 aliphatic carbocycles. The summed E-state index contributed by atoms with van der Waals surface area (Å²) in [5.74, 6) is -1.22. The van der Waals surface area contributed by atoms with E-state index in [-0.39, 0.29) is 16.4 Å². The van der Waals surface area contributed by atoms with E-state index in [1.54, 1.807) is 6.07 Å². The summed E-state index contributed by atoms with van der Waals surface area (Å²) in [6.45, 7) is 0.305. The number of benzene rings is 1. The third-order valence-electron chi connectivity index (χ3n) is 4.73. The highest BCUT2D eigenvalue weighted by Gasteiger charge is 2.32. The predicted molar refractivity (Wildman–Crippen MR) is 111 cm³/mol. The van der Waals surface area contributed by atoms with Crippen LogP contribution in [0.2, 0.25) is 0 Å². The molecule has 160 valence electrons. The molecule has 2 heterocycles. The molecule has 0 saturated carbocycles. The topological polar surface area (TPSA) is 87.7 Å². The van der Waals surface area contributed by atoms with Crippen LogP contribution in [0.3, 0.4) is 0 Å². The number of rotatable bonds is 5. The van der Waals surface area contributed by atoms with Crippen LogP contribution in [0.1, 0.15) is 29.6 Å². The smallest absolute Gasteiger partial charge is 0.260 e. The number of hydrogen-bond acceptors (Lipinski definition) is 6. The van der Waals surface area contributed by atoms with Crippen molar-refractivity contribution in [3.8, 4) is 0 Å². The fraction of sp³-hybridized carbons (Fsp3) is 0.350. The highest BCUT2D eigenvalue weighted by molar-refractivity contribution is 8.00. The molecule has 3 rings (SSSR count). The number of aromatic nitrogens is 1. The summed E-state index contributed by atoms with van der Waals surface area (Å²) < 4.78 is 38.6. The summed E-state index contributed by atoms with van der Waals surface area (Å²) in [7, 11) is -0.703. The summed E-state index contributed by atoms with van der Waals surface area (Å²) >= 11 is 1.21. The fourth-order valence-corrected chi connectivity index (χ4v) is 4.92. The molecule has 1 saturated heterocycles. The van der Waals surface area contributed by atoms with E-state index in [4.69, 9.17) is 0 Å². The lowest BCUT2D eigenvalue weighted by molar-refractivity contribution is -0.127. The first kappa shape index (κ1) is 22.4. The van der Waals surface area contributed by atoms with Gasteiger partial charge in [0, 0.05) is 32.4 Å². The van der Waals surface area contributed by atoms with Crippen molar-refractivity contribution in [1.82, 2.24) is 14.2 Å². The number of thioether (sulfide) groups is 1. The van der Waals surface area contributed by atoms with Gasteiger partial charge >= 0.3 is 0 Å². The Balaban J connectivity index is 1.76. The maximum absolute atomic E-state index is 13.1. The standard InChI is InChI=1S/C20H22FN3O4S2/c1-23(2)30(27,28)16-10-11-18(22-13-16)29-17-5-3-4-12-24(20(17)26)19(25)14-6-8-15(21)9-7-14/h6-11,13,17H,3-5,12H2,1-2H3/t17-/m0/s1. The first-order chi connectivity index (χ1) is 14.2. The van der Waals surface area contributed by atoms with Gasteiger partial charge in [0.05, 0.1) is 10.3 Å². The van der Waals surface area contributed by atoms with Gasteiger partial charge in [-0.15, -0.1) is 0 Å². The number of amides is 2. The number of hydrogen-bond donors (Lipinski definition) is 0. The van der Waals surface area contributed by atoms with Crippen molar-refractivity contribution in [2.24, 2.45) is 0 Å². The molecule has 0 radical (unpaired) electrons. The van der Waals surface area contributed by atoms with Crippen LogP contribution >= 0.6 is 11.8 Å². The van der Waals surface area contributed by atoms with Crippen molar-refractivity contribution in [2.45, 2.75) is 34.4 Å². The first-order valence-corrected chi connectivity index (χ1v) is 11.7. The molecule has 0 bridgehead atoms. The molecule has 0 N–H and O–H groups in total. The molecule has 10 heteroatoms. The minimum Gasteiger partial charge on any atom is -0.278 e. The maximum atomic E-state index is 13.1. The minimum atomic E-state index is -3.58. The Labute approximate surface area is 179 Å². The van der Waals surface area contributed by atoms with Crippen LogP contribution in [0.25, 0.3) is 0 Å². The summed E-state index contributed by atoms with van der Waals surface area (Å²) in [4.78, 5) is 31.3. The van der Waals surface area contributed by atoms with Crippen molar-refractivity contribution in [1.29, 1.82) is 0 Å². The Morgan fingerprint density at radius 2 is 1.87 bits per heavy atom. The molecule has 0 spiro atoms. The predicted octanol–water partition coefficient (Wildman–Crippen LogP) is 2.78. The second kappa shape index (κ2) is 9.23. The van der Waals surface area contributed by atoms with Gasteiger partial charge in [-0.25, -0.2) is 22.1 Å². The summed E-state index contributed by atoms with van der Waals surface area (Å²) in [5.41, 5.74) is 0.256. The van der Waals surface area contributed by atoms with Crippen LogP contribution in [0, 0.1) is 5.82 Å². The molecule has 2 aromatic rings. The lowest BCUT2D eigenvalue weighted by Gasteiger charge is -2.22. The number of pyridine rings is 1. The largest absolute Gasteiger partial charge is 0.278 e. The summed E-state index contributed by atoms with van der Waals surface area (Å²) in [6.07, 6.45) is 3.29. The van der Waals surface area contributed by atoms with Crippen molar-refractivity contribution in [3.63, 3.8) is 0 Å². The van der Waals surface area contributed by atoms with Crippen LogP contribution in [0.5, 0.6) is 0 Å². The van der Waals surface area contributed by atoms with Crippen LogP contribution in [-0.2, 0) is 14.8 Å². The average Bonchev–Trinajstić information content (AvgIpc) is 2.90. The molecule has 1 aliphatic heterocycles. The number of halogens is 1. The van der Waals surface area contributed by atoms with Gasteiger partial charge in [-0.2, -0.15) is 0 Å². The van der Waals surface area contributed by atoms with Gasteiger partial charge < -0.3 is 0 Å². The van der Waals surface area contributed by atoms with E-state index in [0.717, 1.165) is 10.7 Å². The molecular formula is C20H22FN3O4S2. The van der Waals surface area contributed by atoms with E-state index < -0.39 is 27.0 Å². The van der Waals surface area contributed by atoms with Gasteiger partial charge in [0.1, 0.15) is 10.7 Å². The number of carbonyl (C=O) groups is 2. The molecule has 1 aliphatic rings. The highest BCUT2D eigenvalue weighted by Crippen LogP contribution is 2.30. The molecular weight excluding hydrogens is 429 g/mol. The third-order valence-corrected chi connectivity index (χ3v) is 7.73. The van der Waals surface area contributed by atoms with Gasteiger partial charge in [0.25, 0.3) is 5.91 Å². The molecule has 1 aromatic heterocycles. The SMILES string of the molecule is CN(C)S(=O)(=O)c1ccc(S[C@H]2CCCCN(C(=O)c3ccc(F)cc3)C2=O)nc1. The van der Waals surface area contributed by atoms with E-state index >= 15 is 0 Å². The fourth-order valence-electron chi connectivity index (χ4n) is 3.01. The van der Waals surface area contributed by atoms with Crippen LogP contribution < -0.4 is 0 Å². The number of sulfonamides is 1. The van der Waals surface area contributed by atoms with E-state index in [0.29, 0.717) is 24.4 Å². The van der Waals surface area contributed by atoms with Crippen LogP contribution in [-0.4, -0.2) is 60.3 Å². The number of carbonyl (C=O) groups excluding carboxylic acids is 2. The Kier molecular flexibility index (Phi) is 6.89. The van der Waals surface area contributed by atoms with Gasteiger partial charge in [-0.3, -0.25) is 14.5 Å². The average molecular weight is 452 g/mol. The quantitative estimate of drug-likeness (QED) is 0.650. The lowest BCUT2D eigenvalue weighted by atomic mass is 10.2. The maximum Gasteiger partial charge on any atom is 0.260 e. The molecule has 1 fully saturated rings. The first-order valence-electron chi connectivity index (χ1n) is 9.36. The zero-order valence-electron chi connectivity index (χ0n) is 16.6. The monoisotopic (exact) mass is 451 g/mol. The molecule has 1 atom stereocenters. The van der Waals surface area contributed by atoms with E-state index in [9.17, 15) is 22.4 Å². The van der Waals surface area contributed by atoms with Gasteiger partial charge in [0.15, 0.2) is 0 Å². The summed E-state index contributed by atoms with van der Waals surface area (Å²) in [5, 5.41) is -0.0113. The Bertz CT molecular complexity index is 1030. The normalized spacial score (nSPS) is 17.8. The molecule has 2 amide bonds. The lowest BCUT2D eigenvalue weighted by Crippen LogP contribution is -2.41. The van der Waals surface area contributed by atoms with E-state index in [2.05, 4.69) is 4.98 Å². The molecule has 1 aromatic carbocycles. The number of nitrogens with zero attached hydrogens (tertiary/aromatic N) is 3. The second-order valence-electron chi connectivity index (χ2n) is 7.02. The Morgan fingerprint density at radius 1 is 1.17 bits per heavy atom. The highest BCUT2D eigenvalue weighted by atomic mass is 32.2. The molecule has 7 nitrogen and oxygen atoms in total. The zero-order valence-corrected chi connectivity index (χ0v) is 18.2. The van der Waals surface area contributed by atoms with E-state index in [1.807, 2.05) is 0 Å². The third kappa shape index (κ3) is 4.88. The van der Waals surface area contributed by atoms with Crippen molar-refractivity contribution < 1.29 is 22.4 Å². The minimum absolute atomic E-state index is 0.0668. The number of likely N-dealkylation sites (tertiary alicyclic amines) is 1. The van der Waals surface area contributed by atoms with Gasteiger partial charge in [0.2, 0.25) is 15.9 Å².